The molecule has 7 heteroatoms. The second kappa shape index (κ2) is 13.9. The number of nitrogens with one attached hydrogen (secondary N) is 1. The van der Waals surface area contributed by atoms with Crippen LogP contribution in [0.3, 0.4) is 0 Å². The van der Waals surface area contributed by atoms with Crippen molar-refractivity contribution < 1.29 is 19.6 Å². The summed E-state index contributed by atoms with van der Waals surface area (Å²) in [5.41, 5.74) is 3.22. The summed E-state index contributed by atoms with van der Waals surface area (Å²) in [6.45, 7) is 6.07. The summed E-state index contributed by atoms with van der Waals surface area (Å²) in [6, 6.07) is 15.6. The average molecular weight is 482 g/mol. The van der Waals surface area contributed by atoms with Crippen molar-refractivity contribution in [3.8, 4) is 0 Å². The van der Waals surface area contributed by atoms with E-state index in [1.807, 2.05) is 32.1 Å². The maximum absolute atomic E-state index is 13.4. The molecule has 34 heavy (non-hydrogen) atoms. The Morgan fingerprint density at radius 2 is 1.68 bits per heavy atom. The first-order chi connectivity index (χ1) is 16.2. The predicted molar refractivity (Wildman–Crippen MR) is 139 cm³/mol. The molecule has 180 valence electrons. The molecule has 0 saturated heterocycles. The lowest BCUT2D eigenvalue weighted by molar-refractivity contribution is -0.123. The number of hydrogen-bond acceptors (Lipinski definition) is 4. The molecule has 0 spiro atoms. The van der Waals surface area contributed by atoms with Gasteiger partial charge in [-0.1, -0.05) is 91.2 Å². The number of rotatable bonds is 12. The van der Waals surface area contributed by atoms with Crippen molar-refractivity contribution in [2.45, 2.75) is 58.3 Å². The third kappa shape index (κ3) is 8.60. The summed E-state index contributed by atoms with van der Waals surface area (Å²) < 4.78 is 0. The number of halogens is 1. The van der Waals surface area contributed by atoms with E-state index in [1.54, 1.807) is 48.5 Å². The highest BCUT2D eigenvalue weighted by molar-refractivity contribution is 6.43. The van der Waals surface area contributed by atoms with E-state index in [9.17, 15) is 19.6 Å². The van der Waals surface area contributed by atoms with Gasteiger partial charge in [0.2, 0.25) is 5.91 Å². The molecule has 2 atom stereocenters. The highest BCUT2D eigenvalue weighted by Crippen LogP contribution is 2.25. The van der Waals surface area contributed by atoms with Gasteiger partial charge in [0.25, 0.3) is 0 Å². The minimum atomic E-state index is -1.75. The number of ketones is 1. The van der Waals surface area contributed by atoms with Crippen LogP contribution >= 0.6 is 11.6 Å². The first kappa shape index (κ1) is 27.6. The van der Waals surface area contributed by atoms with E-state index in [-0.39, 0.29) is 18.6 Å². The van der Waals surface area contributed by atoms with E-state index < -0.39 is 24.9 Å². The van der Waals surface area contributed by atoms with Crippen molar-refractivity contribution in [3.05, 3.63) is 94.0 Å². The van der Waals surface area contributed by atoms with Gasteiger partial charge in [0.15, 0.2) is 5.78 Å². The molecule has 5 nitrogen and oxygen atoms in total. The van der Waals surface area contributed by atoms with Gasteiger partial charge in [-0.05, 0) is 43.9 Å². The lowest BCUT2D eigenvalue weighted by atomic mass is 9.75. The second-order valence-electron chi connectivity index (χ2n) is 8.36. The van der Waals surface area contributed by atoms with Crippen LogP contribution in [0.4, 0.5) is 0 Å². The minimum absolute atomic E-state index is 0.0573. The number of carbonyl (C=O) groups excluding carboxylic acids is 2. The average Bonchev–Trinajstić information content (AvgIpc) is 2.83. The van der Waals surface area contributed by atoms with Crippen LogP contribution in [-0.2, 0) is 4.79 Å². The molecular formula is C27H33BClNO4. The molecule has 0 unspecified atom stereocenters. The van der Waals surface area contributed by atoms with Gasteiger partial charge in [0.1, 0.15) is 0 Å². The number of carbonyl (C=O) groups is 2. The quantitative estimate of drug-likeness (QED) is 0.219. The Hall–Kier alpha value is -2.67. The summed E-state index contributed by atoms with van der Waals surface area (Å²) in [5.74, 6) is -2.35. The molecular weight excluding hydrogens is 449 g/mol. The number of allylic oxidation sites excluding steroid dienone is 3. The van der Waals surface area contributed by atoms with Crippen LogP contribution in [0.25, 0.3) is 0 Å². The molecule has 0 heterocycles. The Labute approximate surface area is 207 Å². The van der Waals surface area contributed by atoms with Crippen molar-refractivity contribution in [1.29, 1.82) is 0 Å². The zero-order valence-electron chi connectivity index (χ0n) is 20.0. The molecule has 0 bridgehead atoms. The molecule has 1 amide bonds. The number of amides is 1. The molecule has 2 rings (SSSR count). The third-order valence-electron chi connectivity index (χ3n) is 5.67. The van der Waals surface area contributed by atoms with Crippen molar-refractivity contribution in [2.75, 3.05) is 0 Å². The molecule has 0 aliphatic carbocycles. The Kier molecular flexibility index (Phi) is 11.3. The highest BCUT2D eigenvalue weighted by Gasteiger charge is 2.31. The normalized spacial score (nSPS) is 13.8. The van der Waals surface area contributed by atoms with E-state index >= 15 is 0 Å². The molecule has 0 fully saturated rings. The highest BCUT2D eigenvalue weighted by atomic mass is 35.5. The van der Waals surface area contributed by atoms with Gasteiger partial charge in [0.05, 0.1) is 11.9 Å². The Morgan fingerprint density at radius 1 is 1.03 bits per heavy atom. The van der Waals surface area contributed by atoms with Crippen molar-refractivity contribution in [1.82, 2.24) is 5.32 Å². The summed E-state index contributed by atoms with van der Waals surface area (Å²) in [4.78, 5) is 26.3. The fourth-order valence-electron chi connectivity index (χ4n) is 3.63. The van der Waals surface area contributed by atoms with Gasteiger partial charge in [-0.3, -0.25) is 9.59 Å². The zero-order chi connectivity index (χ0) is 25.1. The third-order valence-corrected chi connectivity index (χ3v) is 5.93. The fourth-order valence-corrected chi connectivity index (χ4v) is 3.76. The Morgan fingerprint density at radius 3 is 2.24 bits per heavy atom. The molecule has 0 aromatic heterocycles. The predicted octanol–water partition coefficient (Wildman–Crippen LogP) is 5.28. The SMILES string of the molecule is CC/C=C(\C=C(/C)CC)C[C@H](NC(=O)[C@@H](CC(=O)c1ccccc1)c1ccc(Cl)cc1)B(O)O. The first-order valence-corrected chi connectivity index (χ1v) is 12.0. The van der Waals surface area contributed by atoms with Crippen LogP contribution in [0.1, 0.15) is 68.3 Å². The number of Topliss-reactive ketones (excluding diaryl/α,β-unsaturated/α-hetero) is 1. The topological polar surface area (TPSA) is 86.6 Å². The van der Waals surface area contributed by atoms with Gasteiger partial charge < -0.3 is 15.4 Å². The summed E-state index contributed by atoms with van der Waals surface area (Å²) in [7, 11) is -1.75. The summed E-state index contributed by atoms with van der Waals surface area (Å²) in [6.07, 6.45) is 5.88. The molecule has 2 aromatic rings. The molecule has 0 aliphatic rings. The van der Waals surface area contributed by atoms with Gasteiger partial charge in [0, 0.05) is 17.0 Å². The minimum Gasteiger partial charge on any atom is -0.426 e. The fraction of sp³-hybridized carbons (Fsp3) is 0.333. The number of benzene rings is 2. The second-order valence-corrected chi connectivity index (χ2v) is 8.80. The smallest absolute Gasteiger partial charge is 0.426 e. The van der Waals surface area contributed by atoms with E-state index in [0.717, 1.165) is 24.0 Å². The number of hydrogen-bond donors (Lipinski definition) is 3. The lowest BCUT2D eigenvalue weighted by Gasteiger charge is -2.23. The van der Waals surface area contributed by atoms with Crippen molar-refractivity contribution >= 4 is 30.4 Å². The summed E-state index contributed by atoms with van der Waals surface area (Å²) >= 11 is 6.02. The standard InChI is InChI=1S/C27H33BClNO4/c1-4-9-20(16-19(3)5-2)17-26(28(33)34)30-27(32)24(21-12-14-23(29)15-13-21)18-25(31)22-10-7-6-8-11-22/h6-16,24,26,33-34H,4-5,17-18H2,1-3H3,(H,30,32)/b19-16+,20-9+/t24-,26-/m0/s1. The van der Waals surface area contributed by atoms with E-state index in [0.29, 0.717) is 16.1 Å². The van der Waals surface area contributed by atoms with Crippen LogP contribution in [0.2, 0.25) is 5.02 Å². The molecule has 3 N–H and O–H groups in total. The van der Waals surface area contributed by atoms with Crippen molar-refractivity contribution in [2.24, 2.45) is 0 Å². The summed E-state index contributed by atoms with van der Waals surface area (Å²) in [5, 5.41) is 23.3. The maximum atomic E-state index is 13.4. The largest absolute Gasteiger partial charge is 0.475 e. The molecule has 0 radical (unpaired) electrons. The van der Waals surface area contributed by atoms with Crippen LogP contribution in [-0.4, -0.2) is 34.8 Å². The molecule has 2 aromatic carbocycles. The van der Waals surface area contributed by atoms with Crippen LogP contribution in [0.5, 0.6) is 0 Å². The van der Waals surface area contributed by atoms with E-state index in [4.69, 9.17) is 11.6 Å². The van der Waals surface area contributed by atoms with Crippen LogP contribution in [0, 0.1) is 0 Å². The molecule has 0 aliphatic heterocycles. The monoisotopic (exact) mass is 481 g/mol. The first-order valence-electron chi connectivity index (χ1n) is 11.6. The Balaban J connectivity index is 2.29. The van der Waals surface area contributed by atoms with Gasteiger partial charge in [-0.25, -0.2) is 0 Å². The molecule has 0 saturated carbocycles. The van der Waals surface area contributed by atoms with Gasteiger partial charge >= 0.3 is 7.12 Å². The lowest BCUT2D eigenvalue weighted by Crippen LogP contribution is -2.48. The van der Waals surface area contributed by atoms with E-state index in [2.05, 4.69) is 12.2 Å². The van der Waals surface area contributed by atoms with Crippen LogP contribution < -0.4 is 5.32 Å². The Bertz CT molecular complexity index is 1000. The van der Waals surface area contributed by atoms with Crippen LogP contribution in [0.15, 0.2) is 77.9 Å². The maximum Gasteiger partial charge on any atom is 0.475 e. The zero-order valence-corrected chi connectivity index (χ0v) is 20.8. The van der Waals surface area contributed by atoms with Gasteiger partial charge in [-0.2, -0.15) is 0 Å². The van der Waals surface area contributed by atoms with E-state index in [1.165, 1.54) is 0 Å². The van der Waals surface area contributed by atoms with Gasteiger partial charge in [-0.15, -0.1) is 0 Å². The van der Waals surface area contributed by atoms with Crippen molar-refractivity contribution in [3.63, 3.8) is 0 Å².